The normalized spacial score (nSPS) is 9.48. The molecule has 1 amide bonds. The molecule has 0 fully saturated rings. The van der Waals surface area contributed by atoms with E-state index in [-0.39, 0.29) is 43.9 Å². The van der Waals surface area contributed by atoms with Gasteiger partial charge in [0.25, 0.3) is 0 Å². The molecule has 0 bridgehead atoms. The first-order chi connectivity index (χ1) is 58.5. The fraction of sp³-hybridized carbons (Fsp3) is 0.316. The van der Waals surface area contributed by atoms with Gasteiger partial charge in [0.2, 0.25) is 5.91 Å². The number of carbonyl (C=O) groups is 2. The van der Waals surface area contributed by atoms with E-state index < -0.39 is 0 Å². The minimum atomic E-state index is 0. The molecule has 0 saturated heterocycles. The van der Waals surface area contributed by atoms with Crippen molar-refractivity contribution < 1.29 is 90.2 Å². The van der Waals surface area contributed by atoms with Gasteiger partial charge in [-0.25, -0.2) is 6.61 Å². The number of benzene rings is 10. The van der Waals surface area contributed by atoms with Gasteiger partial charge in [-0.15, -0.1) is 0 Å². The summed E-state index contributed by atoms with van der Waals surface area (Å²) in [5.74, 6) is 2.11. The molecule has 0 unspecified atom stereocenters. The van der Waals surface area contributed by atoms with Crippen molar-refractivity contribution in [2.24, 2.45) is 5.73 Å². The Balaban J connectivity index is -0.000000633. The number of aromatic nitrogens is 2. The molecule has 10 aromatic carbocycles. The third-order valence-corrected chi connectivity index (χ3v) is 17.8. The zero-order valence-corrected chi connectivity index (χ0v) is 81.2. The summed E-state index contributed by atoms with van der Waals surface area (Å²) in [5.41, 5.74) is 20.2. The van der Waals surface area contributed by atoms with Crippen molar-refractivity contribution in [3.05, 3.63) is 329 Å². The number of likely N-dealkylation sites (N-methyl/N-ethyl adjacent to an activating group) is 5. The molecule has 123 heavy (non-hydrogen) atoms. The first kappa shape index (κ1) is 121. The molecule has 16 N–H and O–H groups in total. The van der Waals surface area contributed by atoms with Crippen LogP contribution in [0, 0.1) is 6.61 Å². The number of nitrogens with two attached hydrogens (primary N) is 1. The Kier molecular flexibility index (Phi) is 80.1. The number of phenolic OH excluding ortho intramolecular Hbond substituents is 6. The van der Waals surface area contributed by atoms with E-state index in [1.165, 1.54) is 66.3 Å². The van der Waals surface area contributed by atoms with Gasteiger partial charge in [0.1, 0.15) is 40.8 Å². The summed E-state index contributed by atoms with van der Waals surface area (Å²) >= 11 is 10.1. The van der Waals surface area contributed by atoms with Crippen LogP contribution in [0.4, 0.5) is 0 Å². The summed E-state index contributed by atoms with van der Waals surface area (Å²) in [4.78, 5) is 33.7. The Morgan fingerprint density at radius 1 is 0.415 bits per heavy atom. The quantitative estimate of drug-likeness (QED) is 0.00831. The Morgan fingerprint density at radius 2 is 0.707 bits per heavy atom. The van der Waals surface area contributed by atoms with Crippen LogP contribution in [0.1, 0.15) is 69.5 Å². The molecule has 665 valence electrons. The number of fused-ring (bicyclic) bond motifs is 2. The Hall–Kier alpha value is -8.64. The van der Waals surface area contributed by atoms with E-state index in [1.54, 1.807) is 98.7 Å². The first-order valence-electron chi connectivity index (χ1n) is 39.8. The number of aldehydes is 1. The van der Waals surface area contributed by atoms with Gasteiger partial charge in [-0.05, 0) is 253 Å². The number of aromatic amines is 2. The molecule has 2 heterocycles. The van der Waals surface area contributed by atoms with Gasteiger partial charge in [0.05, 0.1) is 6.42 Å². The van der Waals surface area contributed by atoms with Crippen LogP contribution < -0.4 is 45.9 Å². The number of halogens is 3. The molecular formula is C98H136BBr3N8NaO12. The predicted molar refractivity (Wildman–Crippen MR) is 522 cm³/mol. The molecule has 0 saturated carbocycles. The van der Waals surface area contributed by atoms with Gasteiger partial charge in [0.15, 0.2) is 0 Å². The van der Waals surface area contributed by atoms with Crippen molar-refractivity contribution in [3.8, 4) is 34.5 Å². The monoisotopic (exact) mass is 1890 g/mol. The number of para-hydroxylation sites is 2. The molecule has 3 radical (unpaired) electrons. The van der Waals surface area contributed by atoms with Crippen molar-refractivity contribution >= 4 is 90.2 Å². The van der Waals surface area contributed by atoms with Gasteiger partial charge in [-0.3, -0.25) is 4.79 Å². The second-order valence-corrected chi connectivity index (χ2v) is 29.1. The van der Waals surface area contributed by atoms with Crippen LogP contribution in [0.2, 0.25) is 0 Å². The maximum atomic E-state index is 11.2. The smallest absolute Gasteiger partial charge is 0.566 e. The number of amides is 1. The van der Waals surface area contributed by atoms with E-state index in [4.69, 9.17) is 56.8 Å². The van der Waals surface area contributed by atoms with Crippen LogP contribution in [-0.2, 0) is 73.8 Å². The fourth-order valence-corrected chi connectivity index (χ4v) is 11.5. The zero-order valence-electron chi connectivity index (χ0n) is 74.4. The summed E-state index contributed by atoms with van der Waals surface area (Å²) in [6.07, 6.45) is 14.3. The molecule has 25 heteroatoms. The van der Waals surface area contributed by atoms with Crippen molar-refractivity contribution in [1.82, 2.24) is 35.3 Å². The Labute approximate surface area is 783 Å². The maximum absolute atomic E-state index is 11.2. The van der Waals surface area contributed by atoms with Crippen LogP contribution in [0.15, 0.2) is 267 Å². The molecule has 0 atom stereocenters. The van der Waals surface area contributed by atoms with Crippen LogP contribution in [0.25, 0.3) is 21.8 Å². The fourth-order valence-electron chi connectivity index (χ4n) is 10.2. The number of alkyl halides is 3. The van der Waals surface area contributed by atoms with E-state index >= 15 is 0 Å². The Morgan fingerprint density at radius 3 is 1.02 bits per heavy atom. The number of carbonyl (C=O) groups excluding carboxylic acids is 2. The minimum Gasteiger partial charge on any atom is -0.566 e. The number of nitrogens with one attached hydrogen (secondary N) is 4. The van der Waals surface area contributed by atoms with Crippen LogP contribution in [0.5, 0.6) is 34.5 Å². The van der Waals surface area contributed by atoms with Crippen LogP contribution in [-0.4, -0.2) is 222 Å². The van der Waals surface area contributed by atoms with Gasteiger partial charge in [-0.1, -0.05) is 225 Å². The molecule has 0 aliphatic heterocycles. The van der Waals surface area contributed by atoms with Gasteiger partial charge >= 0.3 is 29.6 Å². The second-order valence-electron chi connectivity index (χ2n) is 26.7. The zero-order chi connectivity index (χ0) is 90.6. The number of rotatable bonds is 25. The maximum Gasteiger partial charge on any atom is 1.00 e. The summed E-state index contributed by atoms with van der Waals surface area (Å²) in [5, 5.41) is 94.1. The average molecular weight is 1890 g/mol. The number of aryl methyl sites for hydroxylation is 3. The summed E-state index contributed by atoms with van der Waals surface area (Å²) < 4.78 is 0. The third-order valence-electron chi connectivity index (χ3n) is 16.6. The van der Waals surface area contributed by atoms with Crippen LogP contribution >= 0.6 is 47.8 Å². The molecule has 12 rings (SSSR count). The molecule has 20 nitrogen and oxygen atoms in total. The largest absolute Gasteiger partial charge is 1.00 e. The standard InChI is InChI=1S/C12H16N2.C10H10BrN.C10H15NO.C10H13NO.C10H15NO.C9H13NO.2C8H9BrO.C8H11NO.C8H8O.C2H5O.3CH4O.B.Na/c1-14(2)8-7-10-9-13-12-6-4-3-5-11(10)12;11-6-5-8-7-12-10-4-2-1-3-9(8)10;1-11(2)8-7-9-3-5-10(12)6-4-9;1-11(2)10(12)8-9-6-4-3-5-7-9;1-2-11-8-7-9-3-5-10(12)6-4-9;1-10-7-6-8-2-4-9(11)5-3-8;3*9-6-5-7-1-3-8(10)4-2-7;9-7-6-8-4-2-1-3-5-8;1-2-3;3*1-2;;/h3-6,9,13H,7-8H2,1-2H3;1-4,7,12H,5-6H2;3-6,12H,7-8H2,1-2H3;3-7H,8H2,1-2H3;3-6,11-12H,2,7-8H2,1H3;2-5,10-11H,6-7H2,1H3;2*1-4,10H,5-6H2;1-4,10H,5-6,9H2;1-5,7H,6H2;2-3H,1H3;3*2H,1H3;;/q;;;;;;;;;;-1;;;;;+1. The number of aromatic hydroxyl groups is 6. The van der Waals surface area contributed by atoms with E-state index in [9.17, 15) is 9.59 Å². The van der Waals surface area contributed by atoms with Crippen molar-refractivity contribution in [2.45, 2.75) is 78.1 Å². The van der Waals surface area contributed by atoms with Crippen LogP contribution in [0.3, 0.4) is 0 Å². The topological polar surface area (TPSA) is 328 Å². The second kappa shape index (κ2) is 81.7. The number of nitrogens with zero attached hydrogens (tertiary/aromatic N) is 3. The SMILES string of the molecule is BrCCc1c[nH]c2ccccc12.CCNCCc1ccc(O)cc1.CN(C)C(=O)Cc1ccccc1.CN(C)CCc1c[nH]c2ccccc12.CN(C)CCc1ccc(O)cc1.CNCCc1ccc(O)cc1.CO.CO.CO.C[CH-]O.NCCc1ccc(O)cc1.O=CCc1ccccc1.Oc1ccc(CCBr)cc1.Oc1ccc(CCBr)cc1.[B].[Na+]. The number of aliphatic hydroxyl groups excluding tert-OH is 4. The van der Waals surface area contributed by atoms with E-state index in [2.05, 4.69) is 174 Å². The van der Waals surface area contributed by atoms with E-state index in [1.807, 2.05) is 141 Å². The van der Waals surface area contributed by atoms with Crippen molar-refractivity contribution in [3.63, 3.8) is 0 Å². The molecule has 0 aliphatic rings. The van der Waals surface area contributed by atoms with E-state index in [0.29, 0.717) is 53.9 Å². The predicted octanol–water partition coefficient (Wildman–Crippen LogP) is 13.9. The number of aliphatic hydroxyl groups is 4. The van der Waals surface area contributed by atoms with Gasteiger partial charge in [0, 0.05) is 114 Å². The minimum absolute atomic E-state index is 0. The molecule has 12 aromatic rings. The average Bonchev–Trinajstić information content (AvgIpc) is 1.70. The summed E-state index contributed by atoms with van der Waals surface area (Å²) in [6.45, 7) is 10.4. The molecular weight excluding hydrogens is 1750 g/mol. The summed E-state index contributed by atoms with van der Waals surface area (Å²) in [7, 11) is 16.8. The van der Waals surface area contributed by atoms with Crippen molar-refractivity contribution in [1.29, 1.82) is 0 Å². The van der Waals surface area contributed by atoms with Crippen molar-refractivity contribution in [2.75, 3.05) is 126 Å². The molecule has 2 aromatic heterocycles. The third kappa shape index (κ3) is 63.0. The number of hydrogen-bond donors (Lipinski definition) is 15. The van der Waals surface area contributed by atoms with E-state index in [0.717, 1.165) is 145 Å². The summed E-state index contributed by atoms with van der Waals surface area (Å²) in [6, 6.07) is 79.9. The number of H-pyrrole nitrogens is 2. The Bertz CT molecular complexity index is 4240. The first-order valence-corrected chi connectivity index (χ1v) is 43.2. The number of hydrogen-bond acceptors (Lipinski definition) is 17. The van der Waals surface area contributed by atoms with Gasteiger partial charge < -0.3 is 96.9 Å². The molecule has 0 aliphatic carbocycles. The van der Waals surface area contributed by atoms with Gasteiger partial charge in [-0.2, -0.15) is 6.92 Å². The molecule has 0 spiro atoms. The number of phenols is 6.